The Morgan fingerprint density at radius 3 is 2.57 bits per heavy atom. The minimum atomic E-state index is 1.10. The van der Waals surface area contributed by atoms with Crippen molar-refractivity contribution in [2.75, 3.05) is 0 Å². The number of hydrogen-bond donors (Lipinski definition) is 0. The van der Waals surface area contributed by atoms with Gasteiger partial charge in [-0.1, -0.05) is 0 Å². The van der Waals surface area contributed by atoms with Crippen molar-refractivity contribution in [1.82, 2.24) is 0 Å². The van der Waals surface area contributed by atoms with E-state index < -0.39 is 0 Å². The fraction of sp³-hybridized carbons (Fsp3) is 0.0769. The first-order chi connectivity index (χ1) is 6.86. The van der Waals surface area contributed by atoms with E-state index in [4.69, 9.17) is 0 Å². The van der Waals surface area contributed by atoms with Crippen LogP contribution in [0.1, 0.15) is 11.1 Å². The van der Waals surface area contributed by atoms with Crippen molar-refractivity contribution in [1.29, 1.82) is 0 Å². The summed E-state index contributed by atoms with van der Waals surface area (Å²) in [5, 5.41) is 0. The molecule has 1 aliphatic carbocycles. The van der Waals surface area contributed by atoms with Gasteiger partial charge in [0, 0.05) is 0 Å². The summed E-state index contributed by atoms with van der Waals surface area (Å²) >= 11 is 2.20. The molecule has 0 amide bonds. The second-order valence-electron chi connectivity index (χ2n) is 3.67. The molecule has 0 fully saturated rings. The van der Waals surface area contributed by atoms with Crippen LogP contribution in [0.3, 0.4) is 0 Å². The predicted molar refractivity (Wildman–Crippen MR) is 60.1 cm³/mol. The molecule has 2 aromatic carbocycles. The Morgan fingerprint density at radius 1 is 0.857 bits per heavy atom. The van der Waals surface area contributed by atoms with Crippen molar-refractivity contribution < 1.29 is 0 Å². The van der Waals surface area contributed by atoms with E-state index >= 15 is 0 Å². The van der Waals surface area contributed by atoms with Gasteiger partial charge in [-0.05, 0) is 0 Å². The third-order valence-electron chi connectivity index (χ3n) is 2.82. The first kappa shape index (κ1) is 8.30. The van der Waals surface area contributed by atoms with Gasteiger partial charge in [0.05, 0.1) is 0 Å². The Bertz CT molecular complexity index is 500. The normalized spacial score (nSPS) is 12.4. The first-order valence-electron chi connectivity index (χ1n) is 4.78. The zero-order valence-electron chi connectivity index (χ0n) is 7.75. The van der Waals surface area contributed by atoms with Crippen LogP contribution in [0.5, 0.6) is 0 Å². The third-order valence-corrected chi connectivity index (χ3v) is 3.69. The molecular formula is C13H9Ge. The van der Waals surface area contributed by atoms with Gasteiger partial charge >= 0.3 is 92.0 Å². The van der Waals surface area contributed by atoms with Crippen LogP contribution >= 0.6 is 0 Å². The molecule has 1 heteroatoms. The average molecular weight is 238 g/mol. The summed E-state index contributed by atoms with van der Waals surface area (Å²) in [5.74, 6) is 0. The molecule has 0 bridgehead atoms. The summed E-state index contributed by atoms with van der Waals surface area (Å²) in [7, 11) is 0. The van der Waals surface area contributed by atoms with Crippen LogP contribution in [0, 0.1) is 0 Å². The van der Waals surface area contributed by atoms with Gasteiger partial charge in [-0.3, -0.25) is 0 Å². The Morgan fingerprint density at radius 2 is 1.64 bits per heavy atom. The van der Waals surface area contributed by atoms with Gasteiger partial charge in [-0.25, -0.2) is 0 Å². The monoisotopic (exact) mass is 239 g/mol. The maximum absolute atomic E-state index is 2.24. The molecule has 0 aliphatic heterocycles. The molecule has 0 N–H and O–H groups in total. The zero-order valence-corrected chi connectivity index (χ0v) is 9.85. The molecule has 0 saturated heterocycles. The zero-order chi connectivity index (χ0) is 9.54. The molecule has 0 nitrogen and oxygen atoms in total. The van der Waals surface area contributed by atoms with Crippen molar-refractivity contribution in [2.45, 2.75) is 6.42 Å². The van der Waals surface area contributed by atoms with Gasteiger partial charge in [0.2, 0.25) is 0 Å². The summed E-state index contributed by atoms with van der Waals surface area (Å²) in [5.41, 5.74) is 5.84. The van der Waals surface area contributed by atoms with Gasteiger partial charge in [-0.15, -0.1) is 0 Å². The van der Waals surface area contributed by atoms with Crippen LogP contribution in [0.25, 0.3) is 11.1 Å². The topological polar surface area (TPSA) is 0 Å². The maximum atomic E-state index is 2.24. The summed E-state index contributed by atoms with van der Waals surface area (Å²) in [6.45, 7) is 0. The Kier molecular flexibility index (Phi) is 1.77. The molecule has 14 heavy (non-hydrogen) atoms. The minimum absolute atomic E-state index is 1.10. The van der Waals surface area contributed by atoms with Crippen LogP contribution in [0.15, 0.2) is 42.5 Å². The van der Waals surface area contributed by atoms with Gasteiger partial charge in [-0.2, -0.15) is 0 Å². The van der Waals surface area contributed by atoms with Crippen molar-refractivity contribution >= 4 is 20.9 Å². The molecule has 0 saturated carbocycles. The van der Waals surface area contributed by atoms with E-state index in [1.54, 1.807) is 0 Å². The average Bonchev–Trinajstić information content (AvgIpc) is 2.57. The number of benzene rings is 2. The molecule has 3 radical (unpaired) electrons. The third kappa shape index (κ3) is 1.07. The molecule has 0 spiro atoms. The molecule has 1 aliphatic rings. The molecule has 0 unspecified atom stereocenters. The van der Waals surface area contributed by atoms with E-state index in [0.717, 1.165) is 6.42 Å². The molecular weight excluding hydrogens is 229 g/mol. The van der Waals surface area contributed by atoms with Crippen LogP contribution in [-0.2, 0) is 6.42 Å². The SMILES string of the molecule is [Ge][c]1cccc2c1-c1ccccc1C2. The summed E-state index contributed by atoms with van der Waals surface area (Å²) in [4.78, 5) is 0. The van der Waals surface area contributed by atoms with Crippen LogP contribution in [-0.4, -0.2) is 16.5 Å². The quantitative estimate of drug-likeness (QED) is 0.525. The predicted octanol–water partition coefficient (Wildman–Crippen LogP) is 2.05. The number of hydrogen-bond acceptors (Lipinski definition) is 0. The van der Waals surface area contributed by atoms with Crippen LogP contribution < -0.4 is 4.40 Å². The van der Waals surface area contributed by atoms with E-state index in [2.05, 4.69) is 59.0 Å². The van der Waals surface area contributed by atoms with E-state index in [9.17, 15) is 0 Å². The van der Waals surface area contributed by atoms with E-state index in [1.807, 2.05) is 0 Å². The van der Waals surface area contributed by atoms with Crippen molar-refractivity contribution in [3.05, 3.63) is 53.6 Å². The van der Waals surface area contributed by atoms with E-state index in [0.29, 0.717) is 0 Å². The first-order valence-corrected chi connectivity index (χ1v) is 5.83. The van der Waals surface area contributed by atoms with Crippen molar-refractivity contribution in [3.63, 3.8) is 0 Å². The van der Waals surface area contributed by atoms with Crippen molar-refractivity contribution in [3.8, 4) is 11.1 Å². The van der Waals surface area contributed by atoms with Crippen molar-refractivity contribution in [2.24, 2.45) is 0 Å². The molecule has 0 atom stereocenters. The van der Waals surface area contributed by atoms with Crippen LogP contribution in [0.2, 0.25) is 0 Å². The van der Waals surface area contributed by atoms with Gasteiger partial charge in [0.15, 0.2) is 0 Å². The second kappa shape index (κ2) is 2.99. The Hall–Kier alpha value is -1.02. The fourth-order valence-corrected chi connectivity index (χ4v) is 3.01. The van der Waals surface area contributed by atoms with Crippen LogP contribution in [0.4, 0.5) is 0 Å². The molecule has 2 aromatic rings. The summed E-state index contributed by atoms with van der Waals surface area (Å²) in [6, 6.07) is 15.3. The Balaban J connectivity index is 2.35. The van der Waals surface area contributed by atoms with E-state index in [-0.39, 0.29) is 0 Å². The standard InChI is InChI=1S/C13H9Ge/c14-12-7-3-5-10-8-9-4-1-2-6-11(9)13(10)12/h1-7H,8H2. The van der Waals surface area contributed by atoms with Gasteiger partial charge < -0.3 is 0 Å². The fourth-order valence-electron chi connectivity index (χ4n) is 2.19. The molecule has 0 heterocycles. The molecule has 3 rings (SSSR count). The summed E-state index contributed by atoms with van der Waals surface area (Å²) < 4.78 is 1.40. The van der Waals surface area contributed by atoms with Gasteiger partial charge in [0.25, 0.3) is 0 Å². The number of rotatable bonds is 0. The second-order valence-corrected chi connectivity index (χ2v) is 4.80. The summed E-state index contributed by atoms with van der Waals surface area (Å²) in [6.07, 6.45) is 1.10. The van der Waals surface area contributed by atoms with E-state index in [1.165, 1.54) is 26.6 Å². The Labute approximate surface area is 92.2 Å². The number of fused-ring (bicyclic) bond motifs is 3. The molecule has 0 aromatic heterocycles. The van der Waals surface area contributed by atoms with Gasteiger partial charge in [0.1, 0.15) is 0 Å². The molecule has 65 valence electrons.